The number of amides is 1. The Kier molecular flexibility index (Phi) is 8.38. The predicted octanol–water partition coefficient (Wildman–Crippen LogP) is 5.29. The highest BCUT2D eigenvalue weighted by molar-refractivity contribution is 8.14. The summed E-state index contributed by atoms with van der Waals surface area (Å²) in [5.41, 5.74) is -0.586. The molecule has 1 amide bonds. The van der Waals surface area contributed by atoms with E-state index in [9.17, 15) is 4.79 Å². The zero-order valence-electron chi connectivity index (χ0n) is 21.4. The number of hydrogen-bond acceptors (Lipinski definition) is 7. The molecular weight excluding hydrogens is 467 g/mol. The van der Waals surface area contributed by atoms with Crippen LogP contribution in [0.25, 0.3) is 0 Å². The maximum absolute atomic E-state index is 15.9. The van der Waals surface area contributed by atoms with Crippen LogP contribution in [0.15, 0.2) is 4.99 Å². The molecular formula is C21H41FN2O5SSi2. The zero-order valence-corrected chi connectivity index (χ0v) is 24.2. The molecule has 0 spiro atoms. The van der Waals surface area contributed by atoms with Crippen molar-refractivity contribution in [1.82, 2.24) is 5.32 Å². The highest BCUT2D eigenvalue weighted by Crippen LogP contribution is 2.44. The van der Waals surface area contributed by atoms with Crippen LogP contribution in [-0.2, 0) is 18.3 Å². The molecule has 1 N–H and O–H groups in total. The lowest BCUT2D eigenvalue weighted by Gasteiger charge is -2.47. The van der Waals surface area contributed by atoms with Crippen molar-refractivity contribution in [2.75, 3.05) is 13.7 Å². The van der Waals surface area contributed by atoms with Crippen LogP contribution in [0, 0.1) is 0 Å². The van der Waals surface area contributed by atoms with E-state index >= 15 is 4.39 Å². The molecule has 11 heteroatoms. The number of ether oxygens (including phenoxy) is 2. The van der Waals surface area contributed by atoms with Crippen LogP contribution < -0.4 is 5.32 Å². The number of fused-ring (bicyclic) bond motifs is 1. The number of thioether (sulfide) groups is 1. The number of hydrogen-bond donors (Lipinski definition) is 1. The third kappa shape index (κ3) is 6.15. The molecule has 0 aromatic heterocycles. The summed E-state index contributed by atoms with van der Waals surface area (Å²) in [6.45, 7) is 21.7. The van der Waals surface area contributed by atoms with Crippen molar-refractivity contribution in [3.05, 3.63) is 0 Å². The zero-order chi connectivity index (χ0) is 24.7. The van der Waals surface area contributed by atoms with Crippen LogP contribution in [0.1, 0.15) is 41.5 Å². The Morgan fingerprint density at radius 3 is 2.19 bits per heavy atom. The third-order valence-corrected chi connectivity index (χ3v) is 17.1. The monoisotopic (exact) mass is 508 g/mol. The fraction of sp³-hybridized carbons (Fsp3) is 0.905. The lowest BCUT2D eigenvalue weighted by molar-refractivity contribution is -0.137. The van der Waals surface area contributed by atoms with E-state index in [1.54, 1.807) is 0 Å². The Balaban J connectivity index is 2.28. The van der Waals surface area contributed by atoms with Crippen molar-refractivity contribution >= 4 is 39.7 Å². The van der Waals surface area contributed by atoms with Gasteiger partial charge in [-0.25, -0.2) is 14.2 Å². The Morgan fingerprint density at radius 1 is 1.12 bits per heavy atom. The van der Waals surface area contributed by atoms with Gasteiger partial charge in [-0.1, -0.05) is 41.5 Å². The molecule has 1 fully saturated rings. The van der Waals surface area contributed by atoms with E-state index < -0.39 is 52.6 Å². The molecule has 2 aliphatic rings. The molecule has 7 nitrogen and oxygen atoms in total. The Morgan fingerprint density at radius 2 is 1.69 bits per heavy atom. The number of nitrogens with one attached hydrogen (secondary N) is 1. The van der Waals surface area contributed by atoms with Gasteiger partial charge >= 0.3 is 6.09 Å². The average molecular weight is 509 g/mol. The van der Waals surface area contributed by atoms with Gasteiger partial charge in [-0.05, 0) is 48.0 Å². The van der Waals surface area contributed by atoms with Crippen molar-refractivity contribution in [2.24, 2.45) is 4.99 Å². The maximum atomic E-state index is 15.9. The first-order chi connectivity index (χ1) is 14.4. The summed E-state index contributed by atoms with van der Waals surface area (Å²) in [6, 6.07) is -0.793. The molecule has 0 saturated carbocycles. The normalized spacial score (nSPS) is 29.4. The second kappa shape index (κ2) is 9.65. The average Bonchev–Trinajstić information content (AvgIpc) is 3.03. The van der Waals surface area contributed by atoms with Crippen molar-refractivity contribution in [2.45, 2.75) is 108 Å². The number of rotatable bonds is 5. The molecule has 186 valence electrons. The van der Waals surface area contributed by atoms with E-state index in [4.69, 9.17) is 18.3 Å². The standard InChI is InChI=1S/C21H41FN2O5SSi2/c1-20(2,3)31(8,9)26-12-13-16(29-32(10,11)21(4,5)6)14(22)15-17(27-13)30-19(24-15)28-18(25)23-7/h13-17H,12H2,1-11H3,(H,23,25)/t13-,14-,15-,16-,17-/m1/s1. The van der Waals surface area contributed by atoms with Crippen LogP contribution in [0.4, 0.5) is 9.18 Å². The summed E-state index contributed by atoms with van der Waals surface area (Å²) in [7, 11) is -2.90. The second-order valence-electron chi connectivity index (χ2n) is 11.5. The van der Waals surface area contributed by atoms with E-state index in [1.807, 2.05) is 0 Å². The number of alkyl carbamates (subject to hydrolysis) is 1. The number of carbonyl (C=O) groups excluding carboxylic acids is 1. The highest BCUT2D eigenvalue weighted by Gasteiger charge is 2.54. The number of nitrogens with zero attached hydrogens (tertiary/aromatic N) is 1. The Labute approximate surface area is 198 Å². The Bertz CT molecular complexity index is 724. The van der Waals surface area contributed by atoms with E-state index in [2.05, 4.69) is 78.0 Å². The largest absolute Gasteiger partial charge is 0.414 e. The molecule has 5 atom stereocenters. The fourth-order valence-electron chi connectivity index (χ4n) is 2.84. The molecule has 2 rings (SSSR count). The summed E-state index contributed by atoms with van der Waals surface area (Å²) in [6.07, 6.45) is -3.41. The molecule has 2 aliphatic heterocycles. The minimum Gasteiger partial charge on any atom is -0.414 e. The lowest BCUT2D eigenvalue weighted by Crippen LogP contribution is -2.60. The van der Waals surface area contributed by atoms with Gasteiger partial charge < -0.3 is 23.6 Å². The highest BCUT2D eigenvalue weighted by atomic mass is 32.2. The first kappa shape index (κ1) is 27.8. The van der Waals surface area contributed by atoms with Crippen LogP contribution in [0.2, 0.25) is 36.3 Å². The van der Waals surface area contributed by atoms with Gasteiger partial charge in [0.1, 0.15) is 23.7 Å². The number of alkyl halides is 1. The van der Waals surface area contributed by atoms with Gasteiger partial charge in [0.15, 0.2) is 22.8 Å². The first-order valence-electron chi connectivity index (χ1n) is 11.1. The minimum absolute atomic E-state index is 0.0227. The van der Waals surface area contributed by atoms with Gasteiger partial charge in [0.05, 0.1) is 6.61 Å². The van der Waals surface area contributed by atoms with Gasteiger partial charge in [-0.2, -0.15) is 0 Å². The van der Waals surface area contributed by atoms with Gasteiger partial charge in [-0.15, -0.1) is 0 Å². The summed E-state index contributed by atoms with van der Waals surface area (Å²) < 4.78 is 40.3. The first-order valence-corrected chi connectivity index (χ1v) is 17.8. The van der Waals surface area contributed by atoms with Crippen molar-refractivity contribution < 1.29 is 27.5 Å². The molecule has 0 aromatic carbocycles. The summed E-state index contributed by atoms with van der Waals surface area (Å²) in [5, 5.41) is 2.42. The Hall–Kier alpha value is -0.466. The van der Waals surface area contributed by atoms with Gasteiger partial charge in [-0.3, -0.25) is 0 Å². The third-order valence-electron chi connectivity index (χ3n) is 7.10. The summed E-state index contributed by atoms with van der Waals surface area (Å²) in [4.78, 5) is 15.9. The van der Waals surface area contributed by atoms with Crippen molar-refractivity contribution in [1.29, 1.82) is 0 Å². The number of carbonyl (C=O) groups is 1. The smallest absolute Gasteiger partial charge is 0.414 e. The van der Waals surface area contributed by atoms with Crippen LogP contribution >= 0.6 is 11.8 Å². The van der Waals surface area contributed by atoms with Gasteiger partial charge in [0, 0.05) is 7.05 Å². The van der Waals surface area contributed by atoms with E-state index in [1.165, 1.54) is 7.05 Å². The quantitative estimate of drug-likeness (QED) is 0.509. The van der Waals surface area contributed by atoms with Crippen LogP contribution in [0.5, 0.6) is 0 Å². The fourth-order valence-corrected chi connectivity index (χ4v) is 6.22. The summed E-state index contributed by atoms with van der Waals surface area (Å²) in [5.74, 6) is 0. The SMILES string of the molecule is CNC(=O)OC1=N[C@@H]2[C@@H](F)[C@H](O[Si](C)(C)C(C)(C)C)[C@@H](CO[Si](C)(C)C(C)(C)C)O[C@@H]2S1. The topological polar surface area (TPSA) is 78.4 Å². The second-order valence-corrected chi connectivity index (χ2v) is 22.2. The predicted molar refractivity (Wildman–Crippen MR) is 133 cm³/mol. The van der Waals surface area contributed by atoms with Gasteiger partial charge in [0.25, 0.3) is 5.23 Å². The van der Waals surface area contributed by atoms with Crippen LogP contribution in [-0.4, -0.2) is 71.5 Å². The molecule has 1 saturated heterocycles. The van der Waals surface area contributed by atoms with E-state index in [0.29, 0.717) is 0 Å². The summed E-state index contributed by atoms with van der Waals surface area (Å²) >= 11 is 1.13. The van der Waals surface area contributed by atoms with Gasteiger partial charge in [0.2, 0.25) is 0 Å². The molecule has 0 aromatic rings. The molecule has 0 bridgehead atoms. The van der Waals surface area contributed by atoms with E-state index in [-0.39, 0.29) is 21.9 Å². The van der Waals surface area contributed by atoms with Crippen LogP contribution in [0.3, 0.4) is 0 Å². The molecule has 0 aliphatic carbocycles. The lowest BCUT2D eigenvalue weighted by atomic mass is 10.0. The van der Waals surface area contributed by atoms with E-state index in [0.717, 1.165) is 11.8 Å². The molecule has 0 radical (unpaired) electrons. The molecule has 2 heterocycles. The number of aliphatic imine (C=N–C) groups is 1. The molecule has 0 unspecified atom stereocenters. The van der Waals surface area contributed by atoms with Crippen molar-refractivity contribution in [3.63, 3.8) is 0 Å². The molecule has 32 heavy (non-hydrogen) atoms. The van der Waals surface area contributed by atoms with Crippen molar-refractivity contribution in [3.8, 4) is 0 Å². The minimum atomic E-state index is -2.30. The maximum Gasteiger partial charge on any atom is 0.414 e. The number of halogens is 1.